The average molecular weight is 675 g/mol. The third-order valence-corrected chi connectivity index (χ3v) is 10.8. The molecule has 10 rings (SSSR count). The van der Waals surface area contributed by atoms with Crippen LogP contribution in [0.1, 0.15) is 22.3 Å². The second-order valence-electron chi connectivity index (χ2n) is 13.7. The lowest BCUT2D eigenvalue weighted by atomic mass is 9.67. The van der Waals surface area contributed by atoms with Crippen LogP contribution in [0.4, 0.5) is 0 Å². The number of aromatic nitrogens is 2. The van der Waals surface area contributed by atoms with Crippen molar-refractivity contribution >= 4 is 10.9 Å². The van der Waals surface area contributed by atoms with E-state index in [0.717, 1.165) is 39.1 Å². The summed E-state index contributed by atoms with van der Waals surface area (Å²) in [7, 11) is 0. The van der Waals surface area contributed by atoms with E-state index < -0.39 is 5.41 Å². The summed E-state index contributed by atoms with van der Waals surface area (Å²) in [5, 5.41) is 1.04. The molecule has 0 saturated carbocycles. The van der Waals surface area contributed by atoms with E-state index in [4.69, 9.17) is 9.97 Å². The molecule has 8 aromatic carbocycles. The largest absolute Gasteiger partial charge is 0.228 e. The second kappa shape index (κ2) is 12.7. The van der Waals surface area contributed by atoms with Gasteiger partial charge in [0, 0.05) is 16.5 Å². The molecule has 9 aromatic rings. The molecule has 1 heterocycles. The summed E-state index contributed by atoms with van der Waals surface area (Å²) in [4.78, 5) is 10.1. The van der Waals surface area contributed by atoms with Crippen LogP contribution in [0.25, 0.3) is 66.9 Å². The molecule has 0 fully saturated rings. The van der Waals surface area contributed by atoms with Crippen LogP contribution < -0.4 is 0 Å². The van der Waals surface area contributed by atoms with E-state index in [2.05, 4.69) is 182 Å². The lowest BCUT2D eigenvalue weighted by Crippen LogP contribution is -2.28. The first-order valence-electron chi connectivity index (χ1n) is 18.2. The van der Waals surface area contributed by atoms with Gasteiger partial charge in [0.1, 0.15) is 0 Å². The molecule has 0 bridgehead atoms. The van der Waals surface area contributed by atoms with E-state index in [1.54, 1.807) is 0 Å². The van der Waals surface area contributed by atoms with Gasteiger partial charge in [-0.05, 0) is 61.7 Å². The normalized spacial score (nSPS) is 12.7. The monoisotopic (exact) mass is 674 g/mol. The first kappa shape index (κ1) is 30.9. The van der Waals surface area contributed by atoms with Crippen LogP contribution >= 0.6 is 0 Å². The predicted octanol–water partition coefficient (Wildman–Crippen LogP) is 12.7. The molecule has 0 amide bonds. The zero-order valence-electron chi connectivity index (χ0n) is 29.0. The standard InChI is InChI=1S/C51H34N2/c1-5-17-35(18-6-1)41-33-34-45-48(42-25-13-15-27-44(42)51(45,39-21-9-3-10-22-39)40-23-11-4-12-24-40)47(41)36-29-31-37(32-30-36)49-43-26-14-16-28-46(43)52-50(53-49)38-19-7-2-8-20-38/h1-34H. The number of hydrogen-bond acceptors (Lipinski definition) is 2. The fourth-order valence-corrected chi connectivity index (χ4v) is 8.50. The summed E-state index contributed by atoms with van der Waals surface area (Å²) >= 11 is 0. The maximum absolute atomic E-state index is 5.17. The molecule has 53 heavy (non-hydrogen) atoms. The van der Waals surface area contributed by atoms with Crippen molar-refractivity contribution < 1.29 is 0 Å². The molecule has 0 unspecified atom stereocenters. The van der Waals surface area contributed by atoms with E-state index in [1.165, 1.54) is 50.1 Å². The van der Waals surface area contributed by atoms with Gasteiger partial charge in [-0.3, -0.25) is 0 Å². The maximum Gasteiger partial charge on any atom is 0.160 e. The number of nitrogens with zero attached hydrogens (tertiary/aromatic N) is 2. The van der Waals surface area contributed by atoms with E-state index in [-0.39, 0.29) is 0 Å². The molecule has 0 saturated heterocycles. The van der Waals surface area contributed by atoms with Crippen LogP contribution in [-0.2, 0) is 5.41 Å². The highest BCUT2D eigenvalue weighted by Crippen LogP contribution is 2.59. The number of benzene rings is 8. The van der Waals surface area contributed by atoms with Crippen LogP contribution in [0.2, 0.25) is 0 Å². The van der Waals surface area contributed by atoms with Crippen molar-refractivity contribution in [3.63, 3.8) is 0 Å². The van der Waals surface area contributed by atoms with E-state index >= 15 is 0 Å². The molecule has 1 aromatic heterocycles. The Kier molecular flexibility index (Phi) is 7.40. The SMILES string of the molecule is c1ccc(-c2nc(-c3ccc(-c4c(-c5ccccc5)ccc5c4-c4ccccc4C5(c4ccccc4)c4ccccc4)cc3)c3ccccc3n2)cc1. The molecular weight excluding hydrogens is 641 g/mol. The molecule has 2 heteroatoms. The molecule has 1 aliphatic rings. The zero-order chi connectivity index (χ0) is 35.2. The second-order valence-corrected chi connectivity index (χ2v) is 13.7. The summed E-state index contributed by atoms with van der Waals surface area (Å²) in [6.07, 6.45) is 0. The third kappa shape index (κ3) is 4.95. The minimum atomic E-state index is -0.480. The van der Waals surface area contributed by atoms with Crippen molar-refractivity contribution in [2.24, 2.45) is 0 Å². The highest BCUT2D eigenvalue weighted by molar-refractivity contribution is 6.02. The Morgan fingerprint density at radius 2 is 0.868 bits per heavy atom. The average Bonchev–Trinajstić information content (AvgIpc) is 3.55. The summed E-state index contributed by atoms with van der Waals surface area (Å²) < 4.78 is 0. The summed E-state index contributed by atoms with van der Waals surface area (Å²) in [5.41, 5.74) is 15.9. The van der Waals surface area contributed by atoms with Gasteiger partial charge in [0.05, 0.1) is 16.6 Å². The van der Waals surface area contributed by atoms with Crippen molar-refractivity contribution in [3.05, 3.63) is 229 Å². The maximum atomic E-state index is 5.17. The third-order valence-electron chi connectivity index (χ3n) is 10.8. The summed E-state index contributed by atoms with van der Waals surface area (Å²) in [5.74, 6) is 0.727. The zero-order valence-corrected chi connectivity index (χ0v) is 29.0. The Bertz CT molecular complexity index is 2700. The van der Waals surface area contributed by atoms with Gasteiger partial charge >= 0.3 is 0 Å². The van der Waals surface area contributed by atoms with Gasteiger partial charge in [0.25, 0.3) is 0 Å². The van der Waals surface area contributed by atoms with Gasteiger partial charge in [0.2, 0.25) is 0 Å². The Morgan fingerprint density at radius 1 is 0.321 bits per heavy atom. The number of hydrogen-bond donors (Lipinski definition) is 0. The van der Waals surface area contributed by atoms with Gasteiger partial charge < -0.3 is 0 Å². The van der Waals surface area contributed by atoms with Gasteiger partial charge in [-0.25, -0.2) is 9.97 Å². The number of rotatable bonds is 6. The Hall–Kier alpha value is -6.90. The smallest absolute Gasteiger partial charge is 0.160 e. The molecular formula is C51H34N2. The molecule has 0 atom stereocenters. The van der Waals surface area contributed by atoms with Crippen LogP contribution in [0.5, 0.6) is 0 Å². The molecule has 0 radical (unpaired) electrons. The Balaban J connectivity index is 1.23. The molecule has 1 aliphatic carbocycles. The minimum Gasteiger partial charge on any atom is -0.228 e. The summed E-state index contributed by atoms with van der Waals surface area (Å²) in [6.45, 7) is 0. The number of para-hydroxylation sites is 1. The minimum absolute atomic E-state index is 0.480. The fraction of sp³-hybridized carbons (Fsp3) is 0.0196. The van der Waals surface area contributed by atoms with E-state index in [0.29, 0.717) is 0 Å². The molecule has 2 nitrogen and oxygen atoms in total. The van der Waals surface area contributed by atoms with Crippen molar-refractivity contribution in [2.45, 2.75) is 5.41 Å². The van der Waals surface area contributed by atoms with Crippen molar-refractivity contribution in [3.8, 4) is 56.0 Å². The van der Waals surface area contributed by atoms with Crippen LogP contribution in [-0.4, -0.2) is 9.97 Å². The number of fused-ring (bicyclic) bond motifs is 4. The van der Waals surface area contributed by atoms with Gasteiger partial charge in [0.15, 0.2) is 5.82 Å². The van der Waals surface area contributed by atoms with Crippen LogP contribution in [0.3, 0.4) is 0 Å². The van der Waals surface area contributed by atoms with Crippen molar-refractivity contribution in [1.29, 1.82) is 0 Å². The van der Waals surface area contributed by atoms with Crippen molar-refractivity contribution in [2.75, 3.05) is 0 Å². The van der Waals surface area contributed by atoms with Gasteiger partial charge in [-0.1, -0.05) is 200 Å². The van der Waals surface area contributed by atoms with Crippen molar-refractivity contribution in [1.82, 2.24) is 9.97 Å². The lowest BCUT2D eigenvalue weighted by molar-refractivity contribution is 0.768. The highest BCUT2D eigenvalue weighted by Gasteiger charge is 2.47. The first-order valence-corrected chi connectivity index (χ1v) is 18.2. The molecule has 248 valence electrons. The lowest BCUT2D eigenvalue weighted by Gasteiger charge is -2.34. The van der Waals surface area contributed by atoms with Crippen LogP contribution in [0, 0.1) is 0 Å². The fourth-order valence-electron chi connectivity index (χ4n) is 8.50. The predicted molar refractivity (Wildman–Crippen MR) is 219 cm³/mol. The Morgan fingerprint density at radius 3 is 1.55 bits per heavy atom. The summed E-state index contributed by atoms with van der Waals surface area (Å²) in [6, 6.07) is 74.1. The van der Waals surface area contributed by atoms with Gasteiger partial charge in [-0.2, -0.15) is 0 Å². The quantitative estimate of drug-likeness (QED) is 0.175. The molecule has 0 aliphatic heterocycles. The Labute approximate surface area is 309 Å². The van der Waals surface area contributed by atoms with Crippen LogP contribution in [0.15, 0.2) is 206 Å². The first-order chi connectivity index (χ1) is 26.3. The molecule has 0 spiro atoms. The highest BCUT2D eigenvalue weighted by atomic mass is 14.9. The molecule has 0 N–H and O–H groups in total. The topological polar surface area (TPSA) is 25.8 Å². The van der Waals surface area contributed by atoms with Gasteiger partial charge in [-0.15, -0.1) is 0 Å². The van der Waals surface area contributed by atoms with E-state index in [9.17, 15) is 0 Å². The van der Waals surface area contributed by atoms with E-state index in [1.807, 2.05) is 24.3 Å².